The Bertz CT molecular complexity index is 851. The number of alkyl halides is 3. The molecular formula is C18H20F3N5O2. The van der Waals surface area contributed by atoms with E-state index in [-0.39, 0.29) is 5.56 Å². The molecule has 1 amide bonds. The van der Waals surface area contributed by atoms with E-state index in [0.29, 0.717) is 17.5 Å². The predicted octanol–water partition coefficient (Wildman–Crippen LogP) is 3.29. The monoisotopic (exact) mass is 395 g/mol. The van der Waals surface area contributed by atoms with E-state index in [2.05, 4.69) is 24.9 Å². The molecule has 1 fully saturated rings. The van der Waals surface area contributed by atoms with Crippen molar-refractivity contribution in [3.05, 3.63) is 36.0 Å². The van der Waals surface area contributed by atoms with E-state index >= 15 is 0 Å². The van der Waals surface area contributed by atoms with Crippen LogP contribution in [0.3, 0.4) is 0 Å². The van der Waals surface area contributed by atoms with Crippen molar-refractivity contribution >= 4 is 23.4 Å². The van der Waals surface area contributed by atoms with Gasteiger partial charge < -0.3 is 19.9 Å². The number of carbonyl (C=O) groups is 1. The number of hydrogen-bond acceptors (Lipinski definition) is 6. The number of benzene rings is 1. The number of rotatable bonds is 5. The quantitative estimate of drug-likeness (QED) is 0.838. The van der Waals surface area contributed by atoms with Crippen molar-refractivity contribution in [2.24, 2.45) is 0 Å². The normalized spacial score (nSPS) is 14.1. The van der Waals surface area contributed by atoms with Crippen LogP contribution in [-0.4, -0.2) is 49.4 Å². The first-order chi connectivity index (χ1) is 13.2. The first-order valence-electron chi connectivity index (χ1n) is 8.69. The molecule has 7 nitrogen and oxygen atoms in total. The molecule has 28 heavy (non-hydrogen) atoms. The molecule has 2 heterocycles. The number of carbonyl (C=O) groups excluding carboxylic acids is 1. The number of aromatic nitrogens is 2. The van der Waals surface area contributed by atoms with Gasteiger partial charge >= 0.3 is 6.36 Å². The van der Waals surface area contributed by atoms with Gasteiger partial charge in [-0.2, -0.15) is 4.98 Å². The molecule has 150 valence electrons. The average Bonchev–Trinajstić information content (AvgIpc) is 3.15. The number of halogens is 3. The van der Waals surface area contributed by atoms with Crippen LogP contribution in [-0.2, 0) is 0 Å². The molecule has 1 aliphatic heterocycles. The molecule has 0 bridgehead atoms. The van der Waals surface area contributed by atoms with Crippen LogP contribution in [0.5, 0.6) is 5.75 Å². The standard InChI is InChI=1S/C18H20F3N5O2/c1-25(2)15-14(11-22-17(24-15)26-8-3-4-9-26)23-16(27)12-6-5-7-13(10-12)28-18(19,20)21/h5-7,10-11H,3-4,8-9H2,1-2H3,(H,23,27). The summed E-state index contributed by atoms with van der Waals surface area (Å²) in [5, 5.41) is 2.66. The van der Waals surface area contributed by atoms with Gasteiger partial charge in [-0.05, 0) is 31.0 Å². The predicted molar refractivity (Wildman–Crippen MR) is 98.9 cm³/mol. The Labute approximate surface area is 160 Å². The lowest BCUT2D eigenvalue weighted by atomic mass is 10.2. The Kier molecular flexibility index (Phi) is 5.57. The second kappa shape index (κ2) is 7.91. The van der Waals surface area contributed by atoms with E-state index in [0.717, 1.165) is 38.1 Å². The molecular weight excluding hydrogens is 375 g/mol. The molecule has 1 aliphatic rings. The van der Waals surface area contributed by atoms with Crippen LogP contribution in [0.1, 0.15) is 23.2 Å². The fourth-order valence-corrected chi connectivity index (χ4v) is 2.89. The summed E-state index contributed by atoms with van der Waals surface area (Å²) in [6.45, 7) is 1.76. The number of ether oxygens (including phenoxy) is 1. The molecule has 1 aromatic carbocycles. The third kappa shape index (κ3) is 4.81. The minimum absolute atomic E-state index is 0.0232. The summed E-state index contributed by atoms with van der Waals surface area (Å²) in [7, 11) is 3.56. The summed E-state index contributed by atoms with van der Waals surface area (Å²) >= 11 is 0. The van der Waals surface area contributed by atoms with Crippen LogP contribution in [0.2, 0.25) is 0 Å². The highest BCUT2D eigenvalue weighted by atomic mass is 19.4. The molecule has 0 saturated carbocycles. The zero-order chi connectivity index (χ0) is 20.3. The maximum absolute atomic E-state index is 12.5. The molecule has 3 rings (SSSR count). The minimum atomic E-state index is -4.83. The molecule has 1 saturated heterocycles. The van der Waals surface area contributed by atoms with Crippen molar-refractivity contribution < 1.29 is 22.7 Å². The Balaban J connectivity index is 1.80. The second-order valence-electron chi connectivity index (χ2n) is 6.53. The van der Waals surface area contributed by atoms with Crippen molar-refractivity contribution in [1.29, 1.82) is 0 Å². The van der Waals surface area contributed by atoms with Gasteiger partial charge in [-0.15, -0.1) is 13.2 Å². The summed E-state index contributed by atoms with van der Waals surface area (Å²) in [6, 6.07) is 4.87. The molecule has 0 unspecified atom stereocenters. The second-order valence-corrected chi connectivity index (χ2v) is 6.53. The summed E-state index contributed by atoms with van der Waals surface area (Å²) < 4.78 is 41.0. The molecule has 1 N–H and O–H groups in total. The van der Waals surface area contributed by atoms with Gasteiger partial charge in [-0.1, -0.05) is 6.07 Å². The lowest BCUT2D eigenvalue weighted by molar-refractivity contribution is -0.274. The smallest absolute Gasteiger partial charge is 0.406 e. The Morgan fingerprint density at radius 1 is 1.25 bits per heavy atom. The van der Waals surface area contributed by atoms with Gasteiger partial charge in [0.1, 0.15) is 11.4 Å². The van der Waals surface area contributed by atoms with Crippen LogP contribution < -0.4 is 19.9 Å². The topological polar surface area (TPSA) is 70.6 Å². The fraction of sp³-hybridized carbons (Fsp3) is 0.389. The lowest BCUT2D eigenvalue weighted by Gasteiger charge is -2.21. The Morgan fingerprint density at radius 2 is 1.96 bits per heavy atom. The Morgan fingerprint density at radius 3 is 2.61 bits per heavy atom. The lowest BCUT2D eigenvalue weighted by Crippen LogP contribution is -2.24. The number of anilines is 3. The van der Waals surface area contributed by atoms with Crippen LogP contribution in [0.25, 0.3) is 0 Å². The summed E-state index contributed by atoms with van der Waals surface area (Å²) in [5.41, 5.74) is 0.384. The van der Waals surface area contributed by atoms with Crippen molar-refractivity contribution in [2.75, 3.05) is 42.3 Å². The van der Waals surface area contributed by atoms with Crippen LogP contribution in [0.4, 0.5) is 30.6 Å². The van der Waals surface area contributed by atoms with E-state index in [1.807, 2.05) is 0 Å². The van der Waals surface area contributed by atoms with Gasteiger partial charge in [0.25, 0.3) is 5.91 Å². The van der Waals surface area contributed by atoms with Crippen molar-refractivity contribution in [2.45, 2.75) is 19.2 Å². The van der Waals surface area contributed by atoms with Crippen molar-refractivity contribution in [3.63, 3.8) is 0 Å². The average molecular weight is 395 g/mol. The third-order valence-corrected chi connectivity index (χ3v) is 4.15. The van der Waals surface area contributed by atoms with E-state index in [9.17, 15) is 18.0 Å². The van der Waals surface area contributed by atoms with Crippen molar-refractivity contribution in [3.8, 4) is 5.75 Å². The largest absolute Gasteiger partial charge is 0.573 e. The number of amides is 1. The maximum atomic E-state index is 12.5. The first kappa shape index (κ1) is 19.7. The van der Waals surface area contributed by atoms with Crippen LogP contribution in [0.15, 0.2) is 30.5 Å². The van der Waals surface area contributed by atoms with Gasteiger partial charge in [0, 0.05) is 32.7 Å². The Hall–Kier alpha value is -3.04. The SMILES string of the molecule is CN(C)c1nc(N2CCCC2)ncc1NC(=O)c1cccc(OC(F)(F)F)c1. The third-order valence-electron chi connectivity index (χ3n) is 4.15. The van der Waals surface area contributed by atoms with Gasteiger partial charge in [-0.3, -0.25) is 4.79 Å². The highest BCUT2D eigenvalue weighted by Gasteiger charge is 2.31. The van der Waals surface area contributed by atoms with E-state index in [1.165, 1.54) is 18.3 Å². The van der Waals surface area contributed by atoms with E-state index in [4.69, 9.17) is 0 Å². The number of nitrogens with one attached hydrogen (secondary N) is 1. The van der Waals surface area contributed by atoms with Gasteiger partial charge in [0.05, 0.1) is 6.20 Å². The highest BCUT2D eigenvalue weighted by molar-refractivity contribution is 6.05. The zero-order valence-electron chi connectivity index (χ0n) is 15.5. The molecule has 0 atom stereocenters. The van der Waals surface area contributed by atoms with Gasteiger partial charge in [0.15, 0.2) is 5.82 Å². The minimum Gasteiger partial charge on any atom is -0.406 e. The molecule has 10 heteroatoms. The summed E-state index contributed by atoms with van der Waals surface area (Å²) in [6.07, 6.45) is -1.17. The summed E-state index contributed by atoms with van der Waals surface area (Å²) in [4.78, 5) is 25.2. The molecule has 0 spiro atoms. The molecule has 0 aliphatic carbocycles. The number of hydrogen-bond donors (Lipinski definition) is 1. The molecule has 0 radical (unpaired) electrons. The zero-order valence-corrected chi connectivity index (χ0v) is 15.5. The molecule has 2 aromatic rings. The van der Waals surface area contributed by atoms with Gasteiger partial charge in [-0.25, -0.2) is 4.98 Å². The van der Waals surface area contributed by atoms with E-state index < -0.39 is 18.0 Å². The van der Waals surface area contributed by atoms with Crippen molar-refractivity contribution in [1.82, 2.24) is 9.97 Å². The fourth-order valence-electron chi connectivity index (χ4n) is 2.89. The summed E-state index contributed by atoms with van der Waals surface area (Å²) in [5.74, 6) is 0.0366. The number of nitrogens with zero attached hydrogens (tertiary/aromatic N) is 4. The van der Waals surface area contributed by atoms with Crippen LogP contribution in [0, 0.1) is 0 Å². The van der Waals surface area contributed by atoms with Gasteiger partial charge in [0.2, 0.25) is 5.95 Å². The highest BCUT2D eigenvalue weighted by Crippen LogP contribution is 2.27. The maximum Gasteiger partial charge on any atom is 0.573 e. The van der Waals surface area contributed by atoms with E-state index in [1.54, 1.807) is 19.0 Å². The van der Waals surface area contributed by atoms with Crippen LogP contribution >= 0.6 is 0 Å². The first-order valence-corrected chi connectivity index (χ1v) is 8.69. The molecule has 1 aromatic heterocycles.